The highest BCUT2D eigenvalue weighted by Gasteiger charge is 2.35. The van der Waals surface area contributed by atoms with Gasteiger partial charge in [-0.15, -0.1) is 0 Å². The maximum atomic E-state index is 14.8. The highest BCUT2D eigenvalue weighted by atomic mass is 32.2. The molecule has 1 aromatic heterocycles. The Balaban J connectivity index is 1.72. The molecule has 0 atom stereocenters. The van der Waals surface area contributed by atoms with Gasteiger partial charge in [0, 0.05) is 31.9 Å². The van der Waals surface area contributed by atoms with Gasteiger partial charge in [0.05, 0.1) is 23.2 Å². The lowest BCUT2D eigenvalue weighted by atomic mass is 10.1. The van der Waals surface area contributed by atoms with Gasteiger partial charge < -0.3 is 16.0 Å². The Labute approximate surface area is 250 Å². The summed E-state index contributed by atoms with van der Waals surface area (Å²) in [7, 11) is -2.50. The highest BCUT2D eigenvalue weighted by Crippen LogP contribution is 2.37. The van der Waals surface area contributed by atoms with Crippen LogP contribution >= 0.6 is 0 Å². The summed E-state index contributed by atoms with van der Waals surface area (Å²) >= 11 is 0. The van der Waals surface area contributed by atoms with Gasteiger partial charge in [0.25, 0.3) is 5.91 Å². The summed E-state index contributed by atoms with van der Waals surface area (Å²) in [5, 5.41) is 16.2. The maximum absolute atomic E-state index is 14.8. The molecule has 0 fully saturated rings. The number of hydroxylamine groups is 1. The van der Waals surface area contributed by atoms with Crippen LogP contribution in [0.5, 0.6) is 0 Å². The average Bonchev–Trinajstić information content (AvgIpc) is 2.95. The van der Waals surface area contributed by atoms with Crippen molar-refractivity contribution < 1.29 is 40.8 Å². The van der Waals surface area contributed by atoms with Crippen molar-refractivity contribution in [3.63, 3.8) is 0 Å². The number of carbonyl (C=O) groups excluding carboxylic acids is 2. The zero-order valence-electron chi connectivity index (χ0n) is 23.7. The Hall–Kier alpha value is -4.51. The van der Waals surface area contributed by atoms with E-state index in [1.165, 1.54) is 43.4 Å². The number of anilines is 5. The molecule has 2 aromatic carbocycles. The van der Waals surface area contributed by atoms with Crippen LogP contribution in [0.25, 0.3) is 0 Å². The third-order valence-electron chi connectivity index (χ3n) is 6.30. The Kier molecular flexibility index (Phi) is 11.4. The molecule has 2 amide bonds. The van der Waals surface area contributed by atoms with E-state index in [1.54, 1.807) is 5.48 Å². The number of alkyl halides is 3. The SMILES string of the molecule is CN(c1ccccc1Nc1nc(Nc2ccc(C(=O)NCCCCCCC(=O)NO)c(F)c2)ncc1C(F)(F)F)S(C)(=O)=O. The van der Waals surface area contributed by atoms with Crippen LogP contribution < -0.4 is 25.7 Å². The van der Waals surface area contributed by atoms with Gasteiger partial charge in [-0.1, -0.05) is 25.0 Å². The number of unbranched alkanes of at least 4 members (excludes halogenated alkanes) is 3. The Morgan fingerprint density at radius 2 is 1.73 bits per heavy atom. The number of benzene rings is 2. The molecule has 3 rings (SSSR count). The number of halogens is 4. The summed E-state index contributed by atoms with van der Waals surface area (Å²) in [5.41, 5.74) is 0.204. The van der Waals surface area contributed by atoms with E-state index in [-0.39, 0.29) is 41.5 Å². The number of aromatic nitrogens is 2. The van der Waals surface area contributed by atoms with Gasteiger partial charge in [0.1, 0.15) is 17.2 Å². The van der Waals surface area contributed by atoms with E-state index < -0.39 is 45.2 Å². The van der Waals surface area contributed by atoms with Crippen molar-refractivity contribution in [1.82, 2.24) is 20.8 Å². The number of nitrogens with one attached hydrogen (secondary N) is 4. The van der Waals surface area contributed by atoms with E-state index >= 15 is 0 Å². The summed E-state index contributed by atoms with van der Waals surface area (Å²) in [5.74, 6) is -3.05. The first-order valence-electron chi connectivity index (χ1n) is 13.2. The quantitative estimate of drug-likeness (QED) is 0.0726. The summed E-state index contributed by atoms with van der Waals surface area (Å²) in [6.45, 7) is 0.267. The zero-order valence-corrected chi connectivity index (χ0v) is 24.5. The molecule has 0 radical (unpaired) electrons. The molecule has 238 valence electrons. The lowest BCUT2D eigenvalue weighted by Crippen LogP contribution is -2.25. The van der Waals surface area contributed by atoms with E-state index in [4.69, 9.17) is 5.21 Å². The van der Waals surface area contributed by atoms with Crippen LogP contribution in [-0.2, 0) is 21.0 Å². The van der Waals surface area contributed by atoms with E-state index in [1.807, 2.05) is 0 Å². The molecule has 0 saturated carbocycles. The molecule has 0 aliphatic rings. The van der Waals surface area contributed by atoms with Gasteiger partial charge in [-0.3, -0.25) is 19.1 Å². The molecule has 0 spiro atoms. The van der Waals surface area contributed by atoms with Gasteiger partial charge in [0.15, 0.2) is 0 Å². The molecule has 0 unspecified atom stereocenters. The van der Waals surface area contributed by atoms with E-state index in [0.717, 1.165) is 16.6 Å². The van der Waals surface area contributed by atoms with Gasteiger partial charge in [-0.25, -0.2) is 23.3 Å². The topological polar surface area (TPSA) is 166 Å². The minimum absolute atomic E-state index is 0.0195. The molecule has 5 N–H and O–H groups in total. The lowest BCUT2D eigenvalue weighted by Gasteiger charge is -2.22. The molecule has 17 heteroatoms. The fourth-order valence-corrected chi connectivity index (χ4v) is 4.44. The van der Waals surface area contributed by atoms with Gasteiger partial charge in [-0.2, -0.15) is 18.2 Å². The number of sulfonamides is 1. The highest BCUT2D eigenvalue weighted by molar-refractivity contribution is 7.92. The molecule has 44 heavy (non-hydrogen) atoms. The number of amides is 2. The van der Waals surface area contributed by atoms with Crippen LogP contribution in [0.1, 0.15) is 48.0 Å². The molecule has 0 aliphatic carbocycles. The maximum Gasteiger partial charge on any atom is 0.421 e. The van der Waals surface area contributed by atoms with Crippen LogP contribution in [0.2, 0.25) is 0 Å². The van der Waals surface area contributed by atoms with Gasteiger partial charge in [-0.05, 0) is 43.2 Å². The number of nitrogens with zero attached hydrogens (tertiary/aromatic N) is 3. The second-order valence-corrected chi connectivity index (χ2v) is 11.6. The summed E-state index contributed by atoms with van der Waals surface area (Å²) in [4.78, 5) is 31.0. The van der Waals surface area contributed by atoms with Gasteiger partial charge in [0.2, 0.25) is 21.9 Å². The number of carbonyl (C=O) groups is 2. The predicted octanol–water partition coefficient (Wildman–Crippen LogP) is 4.70. The van der Waals surface area contributed by atoms with Crippen LogP contribution in [0.15, 0.2) is 48.7 Å². The first kappa shape index (κ1) is 34.0. The fraction of sp³-hybridized carbons (Fsp3) is 0.333. The first-order valence-corrected chi connectivity index (χ1v) is 15.1. The summed E-state index contributed by atoms with van der Waals surface area (Å²) in [6.07, 6.45) is -0.655. The zero-order chi connectivity index (χ0) is 32.5. The third-order valence-corrected chi connectivity index (χ3v) is 7.49. The largest absolute Gasteiger partial charge is 0.421 e. The molecule has 3 aromatic rings. The van der Waals surface area contributed by atoms with Crippen molar-refractivity contribution in [1.29, 1.82) is 0 Å². The standard InChI is InChI=1S/C27H31F4N7O5S/c1-38(44(2,42)43)22-10-7-6-9-21(22)35-24-19(27(29,30)31)16-33-26(36-24)34-17-12-13-18(20(28)15-17)25(40)32-14-8-4-3-5-11-23(39)37-41/h6-7,9-10,12-13,15-16,41H,3-5,8,11,14H2,1-2H3,(H,32,40)(H,37,39)(H2,33,34,35,36). The Morgan fingerprint density at radius 3 is 2.39 bits per heavy atom. The first-order chi connectivity index (χ1) is 20.7. The predicted molar refractivity (Wildman–Crippen MR) is 155 cm³/mol. The van der Waals surface area contributed by atoms with Crippen molar-refractivity contribution in [3.05, 3.63) is 65.6 Å². The molecular weight excluding hydrogens is 610 g/mol. The molecular formula is C27H31F4N7O5S. The third kappa shape index (κ3) is 9.50. The summed E-state index contributed by atoms with van der Waals surface area (Å²) < 4.78 is 81.1. The molecule has 0 saturated heterocycles. The number of rotatable bonds is 14. The van der Waals surface area contributed by atoms with Crippen molar-refractivity contribution in [2.45, 2.75) is 38.3 Å². The van der Waals surface area contributed by atoms with Crippen LogP contribution in [-0.4, -0.2) is 55.3 Å². The van der Waals surface area contributed by atoms with Crippen molar-refractivity contribution in [2.24, 2.45) is 0 Å². The minimum atomic E-state index is -4.86. The number of para-hydroxylation sites is 2. The van der Waals surface area contributed by atoms with Crippen molar-refractivity contribution in [3.8, 4) is 0 Å². The fourth-order valence-electron chi connectivity index (χ4n) is 3.93. The number of hydrogen-bond acceptors (Lipinski definition) is 9. The monoisotopic (exact) mass is 641 g/mol. The smallest absolute Gasteiger partial charge is 0.352 e. The summed E-state index contributed by atoms with van der Waals surface area (Å²) in [6, 6.07) is 9.28. The molecule has 0 aliphatic heterocycles. The van der Waals surface area contributed by atoms with Crippen LogP contribution in [0.4, 0.5) is 46.4 Å². The van der Waals surface area contributed by atoms with Crippen molar-refractivity contribution >= 4 is 50.7 Å². The minimum Gasteiger partial charge on any atom is -0.352 e. The van der Waals surface area contributed by atoms with Gasteiger partial charge >= 0.3 is 6.18 Å². The Morgan fingerprint density at radius 1 is 1.02 bits per heavy atom. The average molecular weight is 642 g/mol. The van der Waals surface area contributed by atoms with Crippen molar-refractivity contribution in [2.75, 3.05) is 34.8 Å². The Bertz CT molecular complexity index is 1590. The number of hydrogen-bond donors (Lipinski definition) is 5. The second kappa shape index (κ2) is 14.8. The molecule has 1 heterocycles. The van der Waals surface area contributed by atoms with Crippen LogP contribution in [0, 0.1) is 5.82 Å². The van der Waals surface area contributed by atoms with E-state index in [2.05, 4.69) is 25.9 Å². The van der Waals surface area contributed by atoms with Crippen LogP contribution in [0.3, 0.4) is 0 Å². The molecule has 12 nitrogen and oxygen atoms in total. The molecule has 0 bridgehead atoms. The van der Waals surface area contributed by atoms with E-state index in [0.29, 0.717) is 31.9 Å². The van der Waals surface area contributed by atoms with E-state index in [9.17, 15) is 35.6 Å². The second-order valence-electron chi connectivity index (χ2n) is 9.60. The normalized spacial score (nSPS) is 11.5. The lowest BCUT2D eigenvalue weighted by molar-refractivity contribution is -0.137.